The standard InChI is InChI=1S/C13H25NO2/c1-12(2,3)16-9-13(5-6-13)11-7-10(15)8-14(11)4/h10-11,15H,5-9H2,1-4H3. The van der Waals surface area contributed by atoms with E-state index in [9.17, 15) is 5.11 Å². The monoisotopic (exact) mass is 227 g/mol. The Bertz CT molecular complexity index is 255. The summed E-state index contributed by atoms with van der Waals surface area (Å²) in [6.45, 7) is 7.99. The summed E-state index contributed by atoms with van der Waals surface area (Å²) in [5.74, 6) is 0. The van der Waals surface area contributed by atoms with Gasteiger partial charge in [0.25, 0.3) is 0 Å². The third-order valence-corrected chi connectivity index (χ3v) is 3.92. The first-order chi connectivity index (χ1) is 7.32. The second-order valence-electron chi connectivity index (χ2n) is 6.61. The van der Waals surface area contributed by atoms with Crippen LogP contribution in [0.3, 0.4) is 0 Å². The summed E-state index contributed by atoms with van der Waals surface area (Å²) in [6.07, 6.45) is 3.29. The molecule has 2 aliphatic rings. The first kappa shape index (κ1) is 12.3. The predicted molar refractivity (Wildman–Crippen MR) is 64.4 cm³/mol. The zero-order valence-corrected chi connectivity index (χ0v) is 11.0. The third kappa shape index (κ3) is 2.58. The van der Waals surface area contributed by atoms with E-state index in [0.29, 0.717) is 11.5 Å². The van der Waals surface area contributed by atoms with E-state index in [1.54, 1.807) is 0 Å². The molecule has 1 N–H and O–H groups in total. The Labute approximate surface area is 98.8 Å². The highest BCUT2D eigenvalue weighted by Crippen LogP contribution is 2.53. The Kier molecular flexibility index (Phi) is 3.06. The fraction of sp³-hybridized carbons (Fsp3) is 1.00. The van der Waals surface area contributed by atoms with Crippen LogP contribution in [0, 0.1) is 5.41 Å². The molecule has 0 aromatic carbocycles. The van der Waals surface area contributed by atoms with Gasteiger partial charge in [0.15, 0.2) is 0 Å². The number of β-amino-alcohol motifs (C(OH)–C–C–N with tert-alkyl or cyclic N) is 1. The average molecular weight is 227 g/mol. The van der Waals surface area contributed by atoms with Crippen molar-refractivity contribution in [3.05, 3.63) is 0 Å². The molecule has 1 aliphatic heterocycles. The molecule has 0 amide bonds. The maximum absolute atomic E-state index is 9.71. The number of aliphatic hydroxyl groups is 1. The Balaban J connectivity index is 1.93. The Hall–Kier alpha value is -0.120. The van der Waals surface area contributed by atoms with Crippen molar-refractivity contribution in [2.24, 2.45) is 5.41 Å². The van der Waals surface area contributed by atoms with E-state index in [4.69, 9.17) is 4.74 Å². The van der Waals surface area contributed by atoms with Gasteiger partial charge >= 0.3 is 0 Å². The molecule has 16 heavy (non-hydrogen) atoms. The van der Waals surface area contributed by atoms with Crippen molar-refractivity contribution in [1.82, 2.24) is 4.90 Å². The molecule has 1 heterocycles. The molecule has 0 aromatic rings. The zero-order chi connectivity index (χ0) is 12.0. The van der Waals surface area contributed by atoms with E-state index in [0.717, 1.165) is 19.6 Å². The molecular weight excluding hydrogens is 202 g/mol. The average Bonchev–Trinajstić information content (AvgIpc) is 2.84. The quantitative estimate of drug-likeness (QED) is 0.795. The molecule has 2 fully saturated rings. The topological polar surface area (TPSA) is 32.7 Å². The van der Waals surface area contributed by atoms with E-state index in [1.807, 2.05) is 0 Å². The number of hydrogen-bond acceptors (Lipinski definition) is 3. The molecule has 2 rings (SSSR count). The summed E-state index contributed by atoms with van der Waals surface area (Å²) >= 11 is 0. The number of nitrogens with zero attached hydrogens (tertiary/aromatic N) is 1. The molecule has 0 aromatic heterocycles. The molecule has 2 atom stereocenters. The lowest BCUT2D eigenvalue weighted by atomic mass is 9.94. The van der Waals surface area contributed by atoms with Gasteiger partial charge in [-0.3, -0.25) is 0 Å². The number of likely N-dealkylation sites (tertiary alicyclic amines) is 1. The van der Waals surface area contributed by atoms with Gasteiger partial charge in [-0.15, -0.1) is 0 Å². The zero-order valence-electron chi connectivity index (χ0n) is 11.0. The van der Waals surface area contributed by atoms with E-state index >= 15 is 0 Å². The van der Waals surface area contributed by atoms with E-state index in [2.05, 4.69) is 32.7 Å². The normalized spacial score (nSPS) is 34.3. The first-order valence-corrected chi connectivity index (χ1v) is 6.35. The van der Waals surface area contributed by atoms with Crippen LogP contribution >= 0.6 is 0 Å². The minimum atomic E-state index is -0.137. The molecule has 1 saturated heterocycles. The second kappa shape index (κ2) is 3.97. The number of hydrogen-bond donors (Lipinski definition) is 1. The summed E-state index contributed by atoms with van der Waals surface area (Å²) < 4.78 is 5.94. The molecule has 2 unspecified atom stereocenters. The minimum Gasteiger partial charge on any atom is -0.392 e. The molecule has 94 valence electrons. The molecule has 0 radical (unpaired) electrons. The molecule has 3 heteroatoms. The SMILES string of the molecule is CN1CC(O)CC1C1(COC(C)(C)C)CC1. The van der Waals surface area contributed by atoms with Gasteiger partial charge in [0.1, 0.15) is 0 Å². The van der Waals surface area contributed by atoms with Gasteiger partial charge in [-0.1, -0.05) is 0 Å². The Morgan fingerprint density at radius 2 is 2.00 bits per heavy atom. The Morgan fingerprint density at radius 1 is 1.38 bits per heavy atom. The molecule has 1 saturated carbocycles. The van der Waals surface area contributed by atoms with Gasteiger partial charge in [-0.25, -0.2) is 0 Å². The smallest absolute Gasteiger partial charge is 0.0682 e. The second-order valence-corrected chi connectivity index (χ2v) is 6.61. The maximum atomic E-state index is 9.71. The van der Waals surface area contributed by atoms with Crippen molar-refractivity contribution in [2.75, 3.05) is 20.2 Å². The molecular formula is C13H25NO2. The number of rotatable bonds is 3. The molecule has 0 spiro atoms. The van der Waals surface area contributed by atoms with E-state index in [1.165, 1.54) is 12.8 Å². The molecule has 1 aliphatic carbocycles. The third-order valence-electron chi connectivity index (χ3n) is 3.92. The summed E-state index contributed by atoms with van der Waals surface area (Å²) in [7, 11) is 2.12. The van der Waals surface area contributed by atoms with Crippen molar-refractivity contribution >= 4 is 0 Å². The predicted octanol–water partition coefficient (Wildman–Crippen LogP) is 1.65. The minimum absolute atomic E-state index is 0.0502. The maximum Gasteiger partial charge on any atom is 0.0682 e. The first-order valence-electron chi connectivity index (χ1n) is 6.35. The summed E-state index contributed by atoms with van der Waals surface area (Å²) in [5.41, 5.74) is 0.283. The van der Waals surface area contributed by atoms with Crippen LogP contribution in [0.1, 0.15) is 40.0 Å². The highest BCUT2D eigenvalue weighted by Gasteiger charge is 2.53. The Morgan fingerprint density at radius 3 is 2.38 bits per heavy atom. The van der Waals surface area contributed by atoms with Crippen molar-refractivity contribution in [3.8, 4) is 0 Å². The fourth-order valence-corrected chi connectivity index (χ4v) is 2.78. The van der Waals surface area contributed by atoms with Crippen molar-refractivity contribution < 1.29 is 9.84 Å². The number of aliphatic hydroxyl groups excluding tert-OH is 1. The lowest BCUT2D eigenvalue weighted by molar-refractivity contribution is -0.0416. The van der Waals surface area contributed by atoms with Crippen LogP contribution in [0.5, 0.6) is 0 Å². The van der Waals surface area contributed by atoms with Crippen LogP contribution in [0.4, 0.5) is 0 Å². The lowest BCUT2D eigenvalue weighted by Gasteiger charge is -2.31. The molecule has 3 nitrogen and oxygen atoms in total. The van der Waals surface area contributed by atoms with Gasteiger partial charge in [0.2, 0.25) is 0 Å². The van der Waals surface area contributed by atoms with Gasteiger partial charge in [0, 0.05) is 18.0 Å². The van der Waals surface area contributed by atoms with Gasteiger partial charge in [-0.05, 0) is 47.1 Å². The summed E-state index contributed by atoms with van der Waals surface area (Å²) in [5, 5.41) is 9.71. The van der Waals surface area contributed by atoms with Gasteiger partial charge < -0.3 is 14.7 Å². The summed E-state index contributed by atoms with van der Waals surface area (Å²) in [6, 6.07) is 0.518. The van der Waals surface area contributed by atoms with Crippen LogP contribution < -0.4 is 0 Å². The van der Waals surface area contributed by atoms with Crippen LogP contribution in [0.2, 0.25) is 0 Å². The van der Waals surface area contributed by atoms with Crippen LogP contribution in [0.15, 0.2) is 0 Å². The fourth-order valence-electron chi connectivity index (χ4n) is 2.78. The number of ether oxygens (including phenoxy) is 1. The van der Waals surface area contributed by atoms with Crippen LogP contribution in [-0.4, -0.2) is 48.0 Å². The van der Waals surface area contributed by atoms with Crippen molar-refractivity contribution in [2.45, 2.75) is 57.8 Å². The highest BCUT2D eigenvalue weighted by molar-refractivity contribution is 5.06. The van der Waals surface area contributed by atoms with Crippen molar-refractivity contribution in [3.63, 3.8) is 0 Å². The van der Waals surface area contributed by atoms with E-state index < -0.39 is 0 Å². The van der Waals surface area contributed by atoms with Crippen LogP contribution in [0.25, 0.3) is 0 Å². The highest BCUT2D eigenvalue weighted by atomic mass is 16.5. The van der Waals surface area contributed by atoms with Crippen LogP contribution in [-0.2, 0) is 4.74 Å². The van der Waals surface area contributed by atoms with E-state index in [-0.39, 0.29) is 11.7 Å². The number of likely N-dealkylation sites (N-methyl/N-ethyl adjacent to an activating group) is 1. The molecule has 0 bridgehead atoms. The summed E-state index contributed by atoms with van der Waals surface area (Å²) in [4.78, 5) is 2.31. The van der Waals surface area contributed by atoms with Crippen molar-refractivity contribution in [1.29, 1.82) is 0 Å². The van der Waals surface area contributed by atoms with Gasteiger partial charge in [-0.2, -0.15) is 0 Å². The largest absolute Gasteiger partial charge is 0.392 e. The lowest BCUT2D eigenvalue weighted by Crippen LogP contribution is -2.38. The van der Waals surface area contributed by atoms with Gasteiger partial charge in [0.05, 0.1) is 18.3 Å².